The summed E-state index contributed by atoms with van der Waals surface area (Å²) in [5.41, 5.74) is -0.546. The standard InChI is InChI=1S/C21H27N3O5/c1-21(2,3)29-15(25)11-23-19(27)16-17(26)14-9-13(8-7-12-5-6-12)10-22-18(14)24(4)20(16)28/h9-10,12,26H,5-8,11H2,1-4H3,(H,23,27). The minimum atomic E-state index is -0.834. The molecule has 1 amide bonds. The third-order valence-electron chi connectivity index (χ3n) is 4.83. The largest absolute Gasteiger partial charge is 0.506 e. The number of aromatic nitrogens is 2. The second-order valence-electron chi connectivity index (χ2n) is 8.55. The zero-order valence-electron chi connectivity index (χ0n) is 17.2. The van der Waals surface area contributed by atoms with Gasteiger partial charge in [0.15, 0.2) is 0 Å². The Hall–Kier alpha value is -2.90. The van der Waals surface area contributed by atoms with Gasteiger partial charge in [-0.3, -0.25) is 19.0 Å². The number of hydrogen-bond donors (Lipinski definition) is 2. The van der Waals surface area contributed by atoms with Crippen molar-refractivity contribution in [2.24, 2.45) is 13.0 Å². The lowest BCUT2D eigenvalue weighted by Gasteiger charge is -2.19. The topological polar surface area (TPSA) is 111 Å². The lowest BCUT2D eigenvalue weighted by molar-refractivity contribution is -0.153. The number of pyridine rings is 2. The molecule has 0 aliphatic heterocycles. The van der Waals surface area contributed by atoms with Crippen molar-refractivity contribution in [3.8, 4) is 5.75 Å². The summed E-state index contributed by atoms with van der Waals surface area (Å²) >= 11 is 0. The van der Waals surface area contributed by atoms with E-state index in [0.717, 1.165) is 24.3 Å². The molecule has 1 aliphatic carbocycles. The molecule has 0 spiro atoms. The van der Waals surface area contributed by atoms with Gasteiger partial charge in [-0.05, 0) is 51.2 Å². The van der Waals surface area contributed by atoms with Crippen LogP contribution in [-0.2, 0) is 23.0 Å². The zero-order chi connectivity index (χ0) is 21.3. The monoisotopic (exact) mass is 401 g/mol. The molecule has 1 aliphatic rings. The van der Waals surface area contributed by atoms with Crippen LogP contribution in [-0.4, -0.2) is 38.7 Å². The summed E-state index contributed by atoms with van der Waals surface area (Å²) in [7, 11) is 1.49. The molecule has 2 N–H and O–H groups in total. The van der Waals surface area contributed by atoms with Gasteiger partial charge in [0.2, 0.25) is 0 Å². The summed E-state index contributed by atoms with van der Waals surface area (Å²) in [4.78, 5) is 41.3. The maximum Gasteiger partial charge on any atom is 0.325 e. The van der Waals surface area contributed by atoms with Crippen molar-refractivity contribution in [2.45, 2.75) is 52.1 Å². The Morgan fingerprint density at radius 3 is 2.66 bits per heavy atom. The number of ether oxygens (including phenoxy) is 1. The lowest BCUT2D eigenvalue weighted by atomic mass is 10.1. The van der Waals surface area contributed by atoms with Crippen molar-refractivity contribution < 1.29 is 19.4 Å². The molecule has 8 heteroatoms. The van der Waals surface area contributed by atoms with Crippen LogP contribution in [0.4, 0.5) is 0 Å². The fourth-order valence-electron chi connectivity index (χ4n) is 3.18. The fraction of sp³-hybridized carbons (Fsp3) is 0.524. The minimum absolute atomic E-state index is 0.298. The van der Waals surface area contributed by atoms with E-state index in [0.29, 0.717) is 11.0 Å². The Morgan fingerprint density at radius 1 is 1.34 bits per heavy atom. The van der Waals surface area contributed by atoms with Crippen molar-refractivity contribution in [2.75, 3.05) is 6.54 Å². The number of esters is 1. The van der Waals surface area contributed by atoms with Gasteiger partial charge in [0.1, 0.15) is 29.1 Å². The maximum atomic E-state index is 12.6. The van der Waals surface area contributed by atoms with Crippen LogP contribution in [0, 0.1) is 5.92 Å². The number of aromatic hydroxyl groups is 1. The minimum Gasteiger partial charge on any atom is -0.506 e. The highest BCUT2D eigenvalue weighted by atomic mass is 16.6. The number of nitrogens with zero attached hydrogens (tertiary/aromatic N) is 2. The number of carbonyl (C=O) groups excluding carboxylic acids is 2. The molecule has 29 heavy (non-hydrogen) atoms. The first-order chi connectivity index (χ1) is 13.6. The summed E-state index contributed by atoms with van der Waals surface area (Å²) in [6.45, 7) is 4.73. The van der Waals surface area contributed by atoms with Gasteiger partial charge < -0.3 is 15.2 Å². The van der Waals surface area contributed by atoms with Crippen molar-refractivity contribution in [1.82, 2.24) is 14.9 Å². The predicted octanol–water partition coefficient (Wildman–Crippen LogP) is 2.05. The van der Waals surface area contributed by atoms with Crippen molar-refractivity contribution >= 4 is 22.9 Å². The van der Waals surface area contributed by atoms with E-state index in [1.807, 2.05) is 0 Å². The van der Waals surface area contributed by atoms with Gasteiger partial charge in [-0.1, -0.05) is 12.8 Å². The molecule has 0 radical (unpaired) electrons. The Kier molecular flexibility index (Phi) is 5.64. The van der Waals surface area contributed by atoms with E-state index < -0.39 is 40.9 Å². The van der Waals surface area contributed by atoms with E-state index in [9.17, 15) is 19.5 Å². The van der Waals surface area contributed by atoms with E-state index in [1.54, 1.807) is 33.0 Å². The summed E-state index contributed by atoms with van der Waals surface area (Å²) in [6.07, 6.45) is 6.09. The summed E-state index contributed by atoms with van der Waals surface area (Å²) in [5, 5.41) is 13.3. The molecule has 156 valence electrons. The Labute approximate surface area is 168 Å². The van der Waals surface area contributed by atoms with Crippen LogP contribution < -0.4 is 10.9 Å². The predicted molar refractivity (Wildman–Crippen MR) is 108 cm³/mol. The molecule has 1 saturated carbocycles. The Morgan fingerprint density at radius 2 is 2.03 bits per heavy atom. The van der Waals surface area contributed by atoms with Crippen molar-refractivity contribution in [3.05, 3.63) is 33.7 Å². The van der Waals surface area contributed by atoms with Crippen LogP contribution in [0.15, 0.2) is 17.1 Å². The molecule has 0 atom stereocenters. The van der Waals surface area contributed by atoms with Gasteiger partial charge >= 0.3 is 5.97 Å². The highest BCUT2D eigenvalue weighted by Gasteiger charge is 2.24. The van der Waals surface area contributed by atoms with Gasteiger partial charge in [-0.15, -0.1) is 0 Å². The number of amides is 1. The Balaban J connectivity index is 1.86. The normalized spacial score (nSPS) is 14.1. The smallest absolute Gasteiger partial charge is 0.325 e. The summed E-state index contributed by atoms with van der Waals surface area (Å²) in [6, 6.07) is 1.77. The zero-order valence-corrected chi connectivity index (χ0v) is 17.2. The number of aryl methyl sites for hydroxylation is 2. The molecule has 0 bridgehead atoms. The lowest BCUT2D eigenvalue weighted by Crippen LogP contribution is -2.37. The number of hydrogen-bond acceptors (Lipinski definition) is 6. The molecule has 2 aromatic heterocycles. The van der Waals surface area contributed by atoms with Crippen LogP contribution in [0.5, 0.6) is 5.75 Å². The van der Waals surface area contributed by atoms with Crippen molar-refractivity contribution in [3.63, 3.8) is 0 Å². The van der Waals surface area contributed by atoms with Gasteiger partial charge in [0.05, 0.1) is 5.39 Å². The van der Waals surface area contributed by atoms with E-state index in [-0.39, 0.29) is 0 Å². The van der Waals surface area contributed by atoms with E-state index >= 15 is 0 Å². The second kappa shape index (κ2) is 7.85. The molecule has 3 rings (SSSR count). The van der Waals surface area contributed by atoms with E-state index in [1.165, 1.54) is 24.5 Å². The van der Waals surface area contributed by atoms with Crippen LogP contribution in [0.2, 0.25) is 0 Å². The quantitative estimate of drug-likeness (QED) is 0.717. The van der Waals surface area contributed by atoms with E-state index in [2.05, 4.69) is 10.3 Å². The first kappa shape index (κ1) is 20.8. The molecule has 2 aromatic rings. The molecule has 1 fully saturated rings. The van der Waals surface area contributed by atoms with Crippen LogP contribution in [0.1, 0.15) is 56.0 Å². The molecule has 8 nitrogen and oxygen atoms in total. The average molecular weight is 401 g/mol. The molecule has 0 unspecified atom stereocenters. The first-order valence-electron chi connectivity index (χ1n) is 9.77. The van der Waals surface area contributed by atoms with Gasteiger partial charge in [0.25, 0.3) is 11.5 Å². The van der Waals surface area contributed by atoms with Gasteiger partial charge in [-0.2, -0.15) is 0 Å². The van der Waals surface area contributed by atoms with Crippen molar-refractivity contribution in [1.29, 1.82) is 0 Å². The molecular formula is C21H27N3O5. The van der Waals surface area contributed by atoms with Crippen LogP contribution in [0.25, 0.3) is 11.0 Å². The van der Waals surface area contributed by atoms with Gasteiger partial charge in [-0.25, -0.2) is 4.98 Å². The number of carbonyl (C=O) groups is 2. The highest BCUT2D eigenvalue weighted by Crippen LogP contribution is 2.34. The summed E-state index contributed by atoms with van der Waals surface area (Å²) in [5.74, 6) is -1.13. The molecule has 0 aromatic carbocycles. The van der Waals surface area contributed by atoms with Crippen LogP contribution >= 0.6 is 0 Å². The SMILES string of the molecule is Cn1c(=O)c(C(=O)NCC(=O)OC(C)(C)C)c(O)c2cc(CCC3CC3)cnc21. The first-order valence-corrected chi connectivity index (χ1v) is 9.77. The third kappa shape index (κ3) is 4.93. The third-order valence-corrected chi connectivity index (χ3v) is 4.83. The van der Waals surface area contributed by atoms with Crippen LogP contribution in [0.3, 0.4) is 0 Å². The highest BCUT2D eigenvalue weighted by molar-refractivity contribution is 6.02. The fourth-order valence-corrected chi connectivity index (χ4v) is 3.18. The molecular weight excluding hydrogens is 374 g/mol. The Bertz CT molecular complexity index is 1020. The maximum absolute atomic E-state index is 12.6. The second-order valence-corrected chi connectivity index (χ2v) is 8.55. The number of fused-ring (bicyclic) bond motifs is 1. The van der Waals surface area contributed by atoms with E-state index in [4.69, 9.17) is 4.74 Å². The number of rotatable bonds is 6. The summed E-state index contributed by atoms with van der Waals surface area (Å²) < 4.78 is 6.36. The number of nitrogens with one attached hydrogen (secondary N) is 1. The average Bonchev–Trinajstić information content (AvgIpc) is 3.46. The molecule has 2 heterocycles. The van der Waals surface area contributed by atoms with Gasteiger partial charge in [0, 0.05) is 13.2 Å². The molecule has 0 saturated heterocycles.